The molecule has 0 bridgehead atoms. The van der Waals surface area contributed by atoms with Crippen LogP contribution in [-0.2, 0) is 10.0 Å². The van der Waals surface area contributed by atoms with Gasteiger partial charge in [-0.3, -0.25) is 4.72 Å². The molecular formula is C13H19FN2O2S. The summed E-state index contributed by atoms with van der Waals surface area (Å²) >= 11 is 0. The molecule has 4 nitrogen and oxygen atoms in total. The first-order valence-electron chi connectivity index (χ1n) is 6.46. The molecule has 106 valence electrons. The Balaban J connectivity index is 2.01. The fourth-order valence-electron chi connectivity index (χ4n) is 2.21. The van der Waals surface area contributed by atoms with Crippen molar-refractivity contribution >= 4 is 15.7 Å². The van der Waals surface area contributed by atoms with Gasteiger partial charge in [-0.1, -0.05) is 12.5 Å². The molecule has 2 rings (SSSR count). The fourth-order valence-corrected chi connectivity index (χ4v) is 3.59. The summed E-state index contributed by atoms with van der Waals surface area (Å²) < 4.78 is 39.8. The van der Waals surface area contributed by atoms with Crippen LogP contribution in [0.15, 0.2) is 18.2 Å². The first kappa shape index (κ1) is 14.3. The molecule has 19 heavy (non-hydrogen) atoms. The average Bonchev–Trinajstić information content (AvgIpc) is 2.34. The van der Waals surface area contributed by atoms with Crippen molar-refractivity contribution in [3.8, 4) is 0 Å². The second kappa shape index (κ2) is 5.88. The fraction of sp³-hybridized carbons (Fsp3) is 0.538. The third-order valence-corrected chi connectivity index (χ3v) is 4.67. The number of piperidine rings is 1. The summed E-state index contributed by atoms with van der Waals surface area (Å²) in [7, 11) is -3.44. The number of nitrogens with one attached hydrogen (secondary N) is 2. The monoisotopic (exact) mass is 286 g/mol. The summed E-state index contributed by atoms with van der Waals surface area (Å²) in [6, 6.07) is 4.33. The summed E-state index contributed by atoms with van der Waals surface area (Å²) in [4.78, 5) is 0. The molecule has 1 saturated heterocycles. The van der Waals surface area contributed by atoms with Gasteiger partial charge >= 0.3 is 0 Å². The van der Waals surface area contributed by atoms with Gasteiger partial charge in [0, 0.05) is 6.04 Å². The Labute approximate surface area is 113 Å². The Hall–Kier alpha value is -1.14. The van der Waals surface area contributed by atoms with E-state index in [1.807, 2.05) is 0 Å². The van der Waals surface area contributed by atoms with Crippen LogP contribution in [0.2, 0.25) is 0 Å². The summed E-state index contributed by atoms with van der Waals surface area (Å²) in [5.74, 6) is -0.376. The second-order valence-electron chi connectivity index (χ2n) is 4.99. The first-order chi connectivity index (χ1) is 8.96. The normalized spacial score (nSPS) is 20.2. The van der Waals surface area contributed by atoms with E-state index in [0.29, 0.717) is 5.56 Å². The van der Waals surface area contributed by atoms with Crippen LogP contribution in [0.4, 0.5) is 10.1 Å². The molecule has 0 aliphatic carbocycles. The zero-order valence-corrected chi connectivity index (χ0v) is 11.8. The van der Waals surface area contributed by atoms with Crippen molar-refractivity contribution in [3.05, 3.63) is 29.6 Å². The van der Waals surface area contributed by atoms with E-state index in [-0.39, 0.29) is 17.5 Å². The molecule has 1 heterocycles. The van der Waals surface area contributed by atoms with Gasteiger partial charge in [-0.25, -0.2) is 12.8 Å². The SMILES string of the molecule is Cc1ccc(NS(=O)(=O)CC2CCCCN2)cc1F. The van der Waals surface area contributed by atoms with Crippen LogP contribution in [0.1, 0.15) is 24.8 Å². The lowest BCUT2D eigenvalue weighted by Gasteiger charge is -2.23. The van der Waals surface area contributed by atoms with Crippen molar-refractivity contribution < 1.29 is 12.8 Å². The number of hydrogen-bond acceptors (Lipinski definition) is 3. The second-order valence-corrected chi connectivity index (χ2v) is 6.76. The van der Waals surface area contributed by atoms with Crippen molar-refractivity contribution in [2.75, 3.05) is 17.0 Å². The Kier molecular flexibility index (Phi) is 4.42. The molecule has 1 aliphatic rings. The molecule has 1 aromatic carbocycles. The van der Waals surface area contributed by atoms with E-state index in [1.54, 1.807) is 19.1 Å². The molecule has 1 fully saturated rings. The number of anilines is 1. The smallest absolute Gasteiger partial charge is 0.234 e. The number of benzene rings is 1. The Morgan fingerprint density at radius 3 is 2.84 bits per heavy atom. The minimum atomic E-state index is -3.44. The van der Waals surface area contributed by atoms with Crippen LogP contribution in [0.5, 0.6) is 0 Å². The molecule has 6 heteroatoms. The van der Waals surface area contributed by atoms with E-state index < -0.39 is 15.8 Å². The van der Waals surface area contributed by atoms with E-state index in [4.69, 9.17) is 0 Å². The third-order valence-electron chi connectivity index (χ3n) is 3.28. The zero-order chi connectivity index (χ0) is 13.9. The molecule has 0 spiro atoms. The first-order valence-corrected chi connectivity index (χ1v) is 8.11. The van der Waals surface area contributed by atoms with Gasteiger partial charge < -0.3 is 5.32 Å². The van der Waals surface area contributed by atoms with Gasteiger partial charge in [0.2, 0.25) is 10.0 Å². The number of sulfonamides is 1. The minimum Gasteiger partial charge on any atom is -0.313 e. The van der Waals surface area contributed by atoms with E-state index in [0.717, 1.165) is 25.8 Å². The van der Waals surface area contributed by atoms with E-state index >= 15 is 0 Å². The summed E-state index contributed by atoms with van der Waals surface area (Å²) in [6.07, 6.45) is 3.00. The Morgan fingerprint density at radius 2 is 2.21 bits per heavy atom. The van der Waals surface area contributed by atoms with Crippen molar-refractivity contribution in [1.82, 2.24) is 5.32 Å². The predicted octanol–water partition coefficient (Wildman–Crippen LogP) is 2.02. The van der Waals surface area contributed by atoms with Crippen LogP contribution < -0.4 is 10.0 Å². The molecule has 0 saturated carbocycles. The highest BCUT2D eigenvalue weighted by Gasteiger charge is 2.21. The lowest BCUT2D eigenvalue weighted by Crippen LogP contribution is -2.40. The van der Waals surface area contributed by atoms with Gasteiger partial charge in [0.1, 0.15) is 5.82 Å². The maximum absolute atomic E-state index is 13.4. The summed E-state index contributed by atoms with van der Waals surface area (Å²) in [5, 5.41) is 3.19. The molecule has 1 aliphatic heterocycles. The van der Waals surface area contributed by atoms with E-state index in [1.165, 1.54) is 6.07 Å². The van der Waals surface area contributed by atoms with Crippen LogP contribution in [0.25, 0.3) is 0 Å². The quantitative estimate of drug-likeness (QED) is 0.890. The van der Waals surface area contributed by atoms with Gasteiger partial charge in [0.15, 0.2) is 0 Å². The molecular weight excluding hydrogens is 267 g/mol. The molecule has 1 atom stereocenters. The summed E-state index contributed by atoms with van der Waals surface area (Å²) in [5.41, 5.74) is 0.774. The van der Waals surface area contributed by atoms with Crippen LogP contribution >= 0.6 is 0 Å². The van der Waals surface area contributed by atoms with Gasteiger partial charge in [-0.05, 0) is 44.0 Å². The van der Waals surface area contributed by atoms with Crippen LogP contribution in [-0.4, -0.2) is 26.8 Å². The van der Waals surface area contributed by atoms with Crippen molar-refractivity contribution in [3.63, 3.8) is 0 Å². The van der Waals surface area contributed by atoms with Crippen LogP contribution in [0.3, 0.4) is 0 Å². The average molecular weight is 286 g/mol. The molecule has 2 N–H and O–H groups in total. The lowest BCUT2D eigenvalue weighted by atomic mass is 10.1. The molecule has 0 amide bonds. The van der Waals surface area contributed by atoms with Crippen LogP contribution in [0, 0.1) is 12.7 Å². The largest absolute Gasteiger partial charge is 0.313 e. The molecule has 0 aromatic heterocycles. The Bertz CT molecular complexity index is 540. The number of halogens is 1. The summed E-state index contributed by atoms with van der Waals surface area (Å²) in [6.45, 7) is 2.50. The standard InChI is InChI=1S/C13H19FN2O2S/c1-10-5-6-11(8-13(10)14)16-19(17,18)9-12-4-2-3-7-15-12/h5-6,8,12,15-16H,2-4,7,9H2,1H3. The topological polar surface area (TPSA) is 58.2 Å². The van der Waals surface area contributed by atoms with Crippen molar-refractivity contribution in [1.29, 1.82) is 0 Å². The highest BCUT2D eigenvalue weighted by molar-refractivity contribution is 7.92. The van der Waals surface area contributed by atoms with Crippen molar-refractivity contribution in [2.45, 2.75) is 32.2 Å². The highest BCUT2D eigenvalue weighted by Crippen LogP contribution is 2.16. The van der Waals surface area contributed by atoms with Gasteiger partial charge in [0.25, 0.3) is 0 Å². The number of aryl methyl sites for hydroxylation is 1. The lowest BCUT2D eigenvalue weighted by molar-refractivity contribution is 0.424. The third kappa shape index (κ3) is 4.18. The Morgan fingerprint density at radius 1 is 1.42 bits per heavy atom. The highest BCUT2D eigenvalue weighted by atomic mass is 32.2. The molecule has 0 radical (unpaired) electrons. The minimum absolute atomic E-state index is 0.0125. The molecule has 1 aromatic rings. The van der Waals surface area contributed by atoms with E-state index in [2.05, 4.69) is 10.0 Å². The van der Waals surface area contributed by atoms with Gasteiger partial charge in [-0.2, -0.15) is 0 Å². The van der Waals surface area contributed by atoms with Gasteiger partial charge in [-0.15, -0.1) is 0 Å². The number of hydrogen-bond donors (Lipinski definition) is 2. The van der Waals surface area contributed by atoms with Crippen molar-refractivity contribution in [2.24, 2.45) is 0 Å². The molecule has 1 unspecified atom stereocenters. The maximum atomic E-state index is 13.4. The number of rotatable bonds is 4. The predicted molar refractivity (Wildman–Crippen MR) is 74.2 cm³/mol. The van der Waals surface area contributed by atoms with E-state index in [9.17, 15) is 12.8 Å². The van der Waals surface area contributed by atoms with Gasteiger partial charge in [0.05, 0.1) is 11.4 Å². The maximum Gasteiger partial charge on any atom is 0.234 e. The zero-order valence-electron chi connectivity index (χ0n) is 10.9.